The van der Waals surface area contributed by atoms with Crippen molar-refractivity contribution in [2.45, 2.75) is 31.3 Å². The van der Waals surface area contributed by atoms with Crippen LogP contribution in [0.25, 0.3) is 0 Å². The van der Waals surface area contributed by atoms with Gasteiger partial charge in [-0.05, 0) is 37.9 Å². The van der Waals surface area contributed by atoms with E-state index < -0.39 is 45.7 Å². The fourth-order valence-electron chi connectivity index (χ4n) is 6.48. The van der Waals surface area contributed by atoms with Crippen molar-refractivity contribution in [1.29, 1.82) is 0 Å². The zero-order chi connectivity index (χ0) is 23.2. The van der Waals surface area contributed by atoms with Crippen molar-refractivity contribution >= 4 is 34.8 Å². The topological polar surface area (TPSA) is 118 Å². The number of non-ortho nitro benzene ring substituents is 1. The number of fused-ring (bicyclic) bond motifs is 6. The Kier molecular flexibility index (Phi) is 3.87. The van der Waals surface area contributed by atoms with E-state index in [0.717, 1.165) is 11.3 Å². The maximum absolute atomic E-state index is 13.8. The van der Waals surface area contributed by atoms with Crippen LogP contribution in [0.1, 0.15) is 39.1 Å². The predicted octanol–water partition coefficient (Wildman–Crippen LogP) is 2.30. The van der Waals surface area contributed by atoms with Gasteiger partial charge in [-0.15, -0.1) is 0 Å². The summed E-state index contributed by atoms with van der Waals surface area (Å²) in [6.07, 6.45) is 1.34. The van der Waals surface area contributed by atoms with E-state index in [2.05, 4.69) is 0 Å². The first-order chi connectivity index (χ1) is 15.8. The van der Waals surface area contributed by atoms with Gasteiger partial charge in [-0.2, -0.15) is 0 Å². The standard InChI is InChI=1S/C24H19N3O6/c1-12-11-13(27(32)33)8-9-16(12)26-22(30)18-17-7-4-10-25(17)24(19(18)23(26)31)20(28)14-5-2-3-6-15(14)21(24)29/h2-3,5-6,8-9,11,17-19H,4,7,10H2,1H3/t17-,18+,19-/m0/s1. The SMILES string of the molecule is Cc1cc([N+](=O)[O-])ccc1N1C(=O)[C@H]2[C@@H](C1=O)C1(C(=O)c3ccccc3C1=O)N1CCC[C@@H]21. The first-order valence-corrected chi connectivity index (χ1v) is 10.9. The molecule has 3 fully saturated rings. The van der Waals surface area contributed by atoms with Crippen molar-refractivity contribution in [2.24, 2.45) is 11.8 Å². The molecule has 9 nitrogen and oxygen atoms in total. The molecule has 3 atom stereocenters. The number of amides is 2. The number of hydrogen-bond acceptors (Lipinski definition) is 7. The fraction of sp³-hybridized carbons (Fsp3) is 0.333. The smallest absolute Gasteiger partial charge is 0.269 e. The summed E-state index contributed by atoms with van der Waals surface area (Å²) in [5.74, 6) is -3.79. The highest BCUT2D eigenvalue weighted by molar-refractivity contribution is 6.37. The number of nitrogens with zero attached hydrogens (tertiary/aromatic N) is 3. The average molecular weight is 445 g/mol. The number of benzene rings is 2. The van der Waals surface area contributed by atoms with Crippen LogP contribution in [-0.4, -0.2) is 51.3 Å². The van der Waals surface area contributed by atoms with Crippen molar-refractivity contribution in [1.82, 2.24) is 4.90 Å². The highest BCUT2D eigenvalue weighted by Crippen LogP contribution is 2.57. The third kappa shape index (κ3) is 2.20. The van der Waals surface area contributed by atoms with Crippen LogP contribution in [0, 0.1) is 28.9 Å². The van der Waals surface area contributed by atoms with Crippen LogP contribution in [0.2, 0.25) is 0 Å². The van der Waals surface area contributed by atoms with Crippen molar-refractivity contribution in [3.05, 3.63) is 69.3 Å². The van der Waals surface area contributed by atoms with Crippen LogP contribution >= 0.6 is 0 Å². The number of anilines is 1. The summed E-state index contributed by atoms with van der Waals surface area (Å²) in [5.41, 5.74) is -0.620. The average Bonchev–Trinajstić information content (AvgIpc) is 3.49. The molecule has 6 rings (SSSR count). The van der Waals surface area contributed by atoms with E-state index in [9.17, 15) is 29.3 Å². The van der Waals surface area contributed by atoms with Gasteiger partial charge in [0.25, 0.3) is 5.69 Å². The van der Waals surface area contributed by atoms with E-state index in [4.69, 9.17) is 0 Å². The zero-order valence-corrected chi connectivity index (χ0v) is 17.7. The summed E-state index contributed by atoms with van der Waals surface area (Å²) in [5, 5.41) is 11.1. The van der Waals surface area contributed by atoms with Crippen LogP contribution in [0.3, 0.4) is 0 Å². The Balaban J connectivity index is 1.51. The van der Waals surface area contributed by atoms with Crippen molar-refractivity contribution < 1.29 is 24.1 Å². The molecule has 166 valence electrons. The van der Waals surface area contributed by atoms with Gasteiger partial charge in [0, 0.05) is 29.3 Å². The van der Waals surface area contributed by atoms with Crippen molar-refractivity contribution in [2.75, 3.05) is 11.4 Å². The number of nitro benzene ring substituents is 1. The molecule has 2 amide bonds. The molecule has 2 aromatic rings. The second-order valence-corrected chi connectivity index (χ2v) is 9.12. The molecular weight excluding hydrogens is 426 g/mol. The Morgan fingerprint density at radius 3 is 2.27 bits per heavy atom. The van der Waals surface area contributed by atoms with Gasteiger partial charge in [0.15, 0.2) is 17.1 Å². The molecule has 3 saturated heterocycles. The third-order valence-corrected chi connectivity index (χ3v) is 7.71. The molecule has 3 heterocycles. The maximum atomic E-state index is 13.8. The van der Waals surface area contributed by atoms with Crippen molar-refractivity contribution in [3.63, 3.8) is 0 Å². The van der Waals surface area contributed by atoms with Crippen LogP contribution in [0.15, 0.2) is 42.5 Å². The molecule has 4 aliphatic rings. The summed E-state index contributed by atoms with van der Waals surface area (Å²) in [6, 6.07) is 10.1. The molecule has 0 unspecified atom stereocenters. The van der Waals surface area contributed by atoms with Gasteiger partial charge in [-0.3, -0.25) is 34.2 Å². The van der Waals surface area contributed by atoms with Crippen LogP contribution in [0.5, 0.6) is 0 Å². The minimum atomic E-state index is -1.70. The number of rotatable bonds is 2. The minimum Gasteiger partial charge on any atom is -0.291 e. The van der Waals surface area contributed by atoms with Gasteiger partial charge >= 0.3 is 0 Å². The summed E-state index contributed by atoms with van der Waals surface area (Å²) in [7, 11) is 0. The summed E-state index contributed by atoms with van der Waals surface area (Å²) < 4.78 is 0. The van der Waals surface area contributed by atoms with Crippen LogP contribution in [-0.2, 0) is 9.59 Å². The van der Waals surface area contributed by atoms with E-state index in [1.54, 1.807) is 31.2 Å². The highest BCUT2D eigenvalue weighted by Gasteiger charge is 2.76. The van der Waals surface area contributed by atoms with E-state index in [-0.39, 0.29) is 17.4 Å². The van der Waals surface area contributed by atoms with E-state index >= 15 is 0 Å². The molecule has 0 bridgehead atoms. The second kappa shape index (κ2) is 6.41. The number of ketones is 2. The first kappa shape index (κ1) is 19.9. The Morgan fingerprint density at radius 2 is 1.67 bits per heavy atom. The first-order valence-electron chi connectivity index (χ1n) is 10.9. The number of carbonyl (C=O) groups is 4. The molecule has 1 aliphatic carbocycles. The lowest BCUT2D eigenvalue weighted by molar-refractivity contribution is -0.384. The summed E-state index contributed by atoms with van der Waals surface area (Å²) in [4.78, 5) is 68.5. The lowest BCUT2D eigenvalue weighted by Gasteiger charge is -2.35. The van der Waals surface area contributed by atoms with E-state index in [0.29, 0.717) is 29.7 Å². The van der Waals surface area contributed by atoms with Gasteiger partial charge in [0.05, 0.1) is 22.4 Å². The molecule has 0 N–H and O–H groups in total. The summed E-state index contributed by atoms with van der Waals surface area (Å²) in [6.45, 7) is 2.07. The Morgan fingerprint density at radius 1 is 1.00 bits per heavy atom. The van der Waals surface area contributed by atoms with E-state index in [1.807, 2.05) is 4.90 Å². The molecule has 0 radical (unpaired) electrons. The number of Topliss-reactive ketones (excluding diaryl/α,β-unsaturated/α-hetero) is 2. The molecule has 9 heteroatoms. The number of aryl methyl sites for hydroxylation is 1. The molecule has 33 heavy (non-hydrogen) atoms. The quantitative estimate of drug-likeness (QED) is 0.301. The van der Waals surface area contributed by atoms with Crippen LogP contribution in [0.4, 0.5) is 11.4 Å². The molecular formula is C24H19N3O6. The monoisotopic (exact) mass is 445 g/mol. The largest absolute Gasteiger partial charge is 0.291 e. The number of imide groups is 1. The van der Waals surface area contributed by atoms with Crippen LogP contribution < -0.4 is 4.90 Å². The van der Waals surface area contributed by atoms with Gasteiger partial charge in [-0.25, -0.2) is 4.90 Å². The molecule has 1 spiro atoms. The predicted molar refractivity (Wildman–Crippen MR) is 115 cm³/mol. The number of hydrogen-bond donors (Lipinski definition) is 0. The zero-order valence-electron chi connectivity index (χ0n) is 17.7. The Hall–Kier alpha value is -3.72. The normalized spacial score (nSPS) is 27.4. The molecule has 3 aliphatic heterocycles. The maximum Gasteiger partial charge on any atom is 0.269 e. The van der Waals surface area contributed by atoms with Gasteiger partial charge in [0.1, 0.15) is 0 Å². The van der Waals surface area contributed by atoms with Gasteiger partial charge < -0.3 is 0 Å². The molecule has 0 saturated carbocycles. The molecule has 0 aromatic heterocycles. The van der Waals surface area contributed by atoms with Gasteiger partial charge in [-0.1, -0.05) is 24.3 Å². The fourth-order valence-corrected chi connectivity index (χ4v) is 6.48. The molecule has 2 aromatic carbocycles. The lowest BCUT2D eigenvalue weighted by Crippen LogP contribution is -2.59. The van der Waals surface area contributed by atoms with Gasteiger partial charge in [0.2, 0.25) is 11.8 Å². The number of nitro groups is 1. The third-order valence-electron chi connectivity index (χ3n) is 7.71. The lowest BCUT2D eigenvalue weighted by atomic mass is 9.76. The minimum absolute atomic E-state index is 0.148. The Bertz CT molecular complexity index is 1280. The van der Waals surface area contributed by atoms with E-state index in [1.165, 1.54) is 18.2 Å². The van der Waals surface area contributed by atoms with Crippen molar-refractivity contribution in [3.8, 4) is 0 Å². The summed E-state index contributed by atoms with van der Waals surface area (Å²) >= 11 is 0. The highest BCUT2D eigenvalue weighted by atomic mass is 16.6. The number of carbonyl (C=O) groups excluding carboxylic acids is 4. The Labute approximate surface area is 188 Å². The second-order valence-electron chi connectivity index (χ2n) is 9.12.